The zero-order valence-corrected chi connectivity index (χ0v) is 20.3. The number of hydrogen-bond donors (Lipinski definition) is 1. The van der Waals surface area contributed by atoms with E-state index in [1.165, 1.54) is 16.1 Å². The third-order valence-corrected chi connectivity index (χ3v) is 6.51. The van der Waals surface area contributed by atoms with Crippen molar-refractivity contribution in [2.45, 2.75) is 27.3 Å². The predicted octanol–water partition coefficient (Wildman–Crippen LogP) is 4.39. The van der Waals surface area contributed by atoms with Crippen molar-refractivity contribution < 1.29 is 17.9 Å². The quantitative estimate of drug-likeness (QED) is 0.475. The zero-order chi connectivity index (χ0) is 24.0. The first-order valence-corrected chi connectivity index (χ1v) is 12.6. The van der Waals surface area contributed by atoms with E-state index in [-0.39, 0.29) is 12.5 Å². The van der Waals surface area contributed by atoms with Gasteiger partial charge in [0.15, 0.2) is 0 Å². The molecule has 3 rings (SSSR count). The highest BCUT2D eigenvalue weighted by Crippen LogP contribution is 2.22. The van der Waals surface area contributed by atoms with E-state index in [1.807, 2.05) is 57.2 Å². The molecule has 0 aromatic heterocycles. The van der Waals surface area contributed by atoms with Gasteiger partial charge >= 0.3 is 0 Å². The first kappa shape index (κ1) is 24.3. The molecule has 1 amide bonds. The van der Waals surface area contributed by atoms with Gasteiger partial charge in [-0.15, -0.1) is 0 Å². The Morgan fingerprint density at radius 3 is 2.30 bits per heavy atom. The largest absolute Gasteiger partial charge is 0.492 e. The van der Waals surface area contributed by atoms with Gasteiger partial charge in [0.25, 0.3) is 5.91 Å². The second kappa shape index (κ2) is 10.5. The van der Waals surface area contributed by atoms with E-state index in [9.17, 15) is 13.2 Å². The molecule has 174 valence electrons. The van der Waals surface area contributed by atoms with E-state index in [1.54, 1.807) is 30.3 Å². The standard InChI is InChI=1S/C26H30N2O4S/c1-19-6-5-7-24(16-19)28(33(4,30)31)18-22-9-11-23(12-10-22)26(29)27-14-15-32-25-13-8-20(2)21(3)17-25/h5-13,16-17H,14-15,18H2,1-4H3,(H,27,29). The van der Waals surface area contributed by atoms with Gasteiger partial charge in [-0.25, -0.2) is 8.42 Å². The number of carbonyl (C=O) groups excluding carboxylic acids is 1. The van der Waals surface area contributed by atoms with E-state index in [0.29, 0.717) is 24.4 Å². The fraction of sp³-hybridized carbons (Fsp3) is 0.269. The van der Waals surface area contributed by atoms with Crippen LogP contribution in [0.2, 0.25) is 0 Å². The fourth-order valence-electron chi connectivity index (χ4n) is 3.35. The summed E-state index contributed by atoms with van der Waals surface area (Å²) in [6, 6.07) is 20.2. The van der Waals surface area contributed by atoms with Crippen LogP contribution in [0.4, 0.5) is 5.69 Å². The predicted molar refractivity (Wildman–Crippen MR) is 132 cm³/mol. The second-order valence-corrected chi connectivity index (χ2v) is 10.1. The van der Waals surface area contributed by atoms with Crippen LogP contribution in [0.1, 0.15) is 32.6 Å². The van der Waals surface area contributed by atoms with Crippen molar-refractivity contribution in [3.05, 3.63) is 94.5 Å². The van der Waals surface area contributed by atoms with Crippen LogP contribution in [0.15, 0.2) is 66.7 Å². The first-order chi connectivity index (χ1) is 15.6. The van der Waals surface area contributed by atoms with Crippen molar-refractivity contribution in [3.8, 4) is 5.75 Å². The van der Waals surface area contributed by atoms with Crippen molar-refractivity contribution in [2.24, 2.45) is 0 Å². The minimum absolute atomic E-state index is 0.188. The number of sulfonamides is 1. The third-order valence-electron chi connectivity index (χ3n) is 5.37. The minimum atomic E-state index is -3.46. The molecule has 3 aromatic carbocycles. The van der Waals surface area contributed by atoms with Gasteiger partial charge < -0.3 is 10.1 Å². The monoisotopic (exact) mass is 466 g/mol. The Bertz CT molecular complexity index is 1220. The van der Waals surface area contributed by atoms with E-state index < -0.39 is 10.0 Å². The summed E-state index contributed by atoms with van der Waals surface area (Å²) in [5, 5.41) is 2.84. The average Bonchev–Trinajstić information content (AvgIpc) is 2.77. The molecule has 0 bridgehead atoms. The van der Waals surface area contributed by atoms with Gasteiger partial charge in [-0.3, -0.25) is 9.10 Å². The first-order valence-electron chi connectivity index (χ1n) is 10.7. The van der Waals surface area contributed by atoms with Crippen LogP contribution < -0.4 is 14.4 Å². The number of nitrogens with one attached hydrogen (secondary N) is 1. The molecule has 0 aliphatic rings. The molecule has 0 aliphatic heterocycles. The lowest BCUT2D eigenvalue weighted by molar-refractivity contribution is 0.0947. The molecule has 0 aliphatic carbocycles. The lowest BCUT2D eigenvalue weighted by atomic mass is 10.1. The van der Waals surface area contributed by atoms with E-state index in [4.69, 9.17) is 4.74 Å². The normalized spacial score (nSPS) is 11.2. The van der Waals surface area contributed by atoms with Crippen LogP contribution >= 0.6 is 0 Å². The molecule has 7 heteroatoms. The SMILES string of the molecule is Cc1cccc(N(Cc2ccc(C(=O)NCCOc3ccc(C)c(C)c3)cc2)S(C)(=O)=O)c1. The summed E-state index contributed by atoms with van der Waals surface area (Å²) < 4.78 is 31.8. The second-order valence-electron chi connectivity index (χ2n) is 8.16. The van der Waals surface area contributed by atoms with Gasteiger partial charge in [-0.2, -0.15) is 0 Å². The van der Waals surface area contributed by atoms with Crippen molar-refractivity contribution >= 4 is 21.6 Å². The average molecular weight is 467 g/mol. The number of rotatable bonds is 9. The Balaban J connectivity index is 1.57. The molecule has 0 spiro atoms. The summed E-state index contributed by atoms with van der Waals surface area (Å²) in [6.07, 6.45) is 1.19. The van der Waals surface area contributed by atoms with Crippen LogP contribution in [0.5, 0.6) is 5.75 Å². The molecule has 0 unspecified atom stereocenters. The van der Waals surface area contributed by atoms with Crippen LogP contribution in [-0.2, 0) is 16.6 Å². The van der Waals surface area contributed by atoms with Crippen LogP contribution in [-0.4, -0.2) is 33.7 Å². The van der Waals surface area contributed by atoms with Gasteiger partial charge in [-0.1, -0.05) is 30.3 Å². The zero-order valence-electron chi connectivity index (χ0n) is 19.5. The smallest absolute Gasteiger partial charge is 0.251 e. The highest BCUT2D eigenvalue weighted by Gasteiger charge is 2.18. The molecule has 3 aromatic rings. The maximum Gasteiger partial charge on any atom is 0.251 e. The number of ether oxygens (including phenoxy) is 1. The van der Waals surface area contributed by atoms with Gasteiger partial charge in [0.1, 0.15) is 12.4 Å². The Labute approximate surface area is 196 Å². The van der Waals surface area contributed by atoms with Gasteiger partial charge in [0.05, 0.1) is 25.0 Å². The lowest BCUT2D eigenvalue weighted by Crippen LogP contribution is -2.29. The molecule has 33 heavy (non-hydrogen) atoms. The maximum atomic E-state index is 12.4. The summed E-state index contributed by atoms with van der Waals surface area (Å²) in [5.41, 5.74) is 5.26. The van der Waals surface area contributed by atoms with E-state index >= 15 is 0 Å². The Morgan fingerprint density at radius 2 is 1.67 bits per heavy atom. The highest BCUT2D eigenvalue weighted by atomic mass is 32.2. The Kier molecular flexibility index (Phi) is 7.76. The molecule has 0 saturated carbocycles. The lowest BCUT2D eigenvalue weighted by Gasteiger charge is -2.23. The summed E-state index contributed by atoms with van der Waals surface area (Å²) in [4.78, 5) is 12.4. The molecule has 0 atom stereocenters. The topological polar surface area (TPSA) is 75.7 Å². The van der Waals surface area contributed by atoms with Gasteiger partial charge in [0.2, 0.25) is 10.0 Å². The summed E-state index contributed by atoms with van der Waals surface area (Å²) in [5.74, 6) is 0.574. The van der Waals surface area contributed by atoms with Crippen molar-refractivity contribution in [3.63, 3.8) is 0 Å². The summed E-state index contributed by atoms with van der Waals surface area (Å²) in [7, 11) is -3.46. The Hall–Kier alpha value is -3.32. The number of amides is 1. The van der Waals surface area contributed by atoms with Crippen LogP contribution in [0.3, 0.4) is 0 Å². The molecule has 0 fully saturated rings. The van der Waals surface area contributed by atoms with Gasteiger partial charge in [0, 0.05) is 5.56 Å². The number of carbonyl (C=O) groups is 1. The number of anilines is 1. The third kappa shape index (κ3) is 6.83. The van der Waals surface area contributed by atoms with Crippen molar-refractivity contribution in [2.75, 3.05) is 23.7 Å². The Morgan fingerprint density at radius 1 is 0.939 bits per heavy atom. The molecule has 1 N–H and O–H groups in total. The fourth-order valence-corrected chi connectivity index (χ4v) is 4.23. The molecular formula is C26H30N2O4S. The van der Waals surface area contributed by atoms with Crippen LogP contribution in [0.25, 0.3) is 0 Å². The number of benzene rings is 3. The molecule has 0 radical (unpaired) electrons. The summed E-state index contributed by atoms with van der Waals surface area (Å²) in [6.45, 7) is 6.93. The molecule has 0 heterocycles. The van der Waals surface area contributed by atoms with E-state index in [2.05, 4.69) is 5.32 Å². The summed E-state index contributed by atoms with van der Waals surface area (Å²) >= 11 is 0. The van der Waals surface area contributed by atoms with Crippen molar-refractivity contribution in [1.29, 1.82) is 0 Å². The van der Waals surface area contributed by atoms with Crippen molar-refractivity contribution in [1.82, 2.24) is 5.32 Å². The van der Waals surface area contributed by atoms with Gasteiger partial charge in [-0.05, 0) is 79.4 Å². The number of nitrogens with zero attached hydrogens (tertiary/aromatic N) is 1. The maximum absolute atomic E-state index is 12.4. The van der Waals surface area contributed by atoms with E-state index in [0.717, 1.165) is 22.4 Å². The molecule has 0 saturated heterocycles. The molecular weight excluding hydrogens is 436 g/mol. The van der Waals surface area contributed by atoms with Crippen LogP contribution in [0, 0.1) is 20.8 Å². The minimum Gasteiger partial charge on any atom is -0.492 e. The number of aryl methyl sites for hydroxylation is 3. The molecule has 6 nitrogen and oxygen atoms in total. The highest BCUT2D eigenvalue weighted by molar-refractivity contribution is 7.92. The number of hydrogen-bond acceptors (Lipinski definition) is 4.